The zero-order chi connectivity index (χ0) is 15.1. The quantitative estimate of drug-likeness (QED) is 0.901. The van der Waals surface area contributed by atoms with Crippen molar-refractivity contribution in [2.45, 2.75) is 24.8 Å². The average molecular weight is 305 g/mol. The number of sulfonamides is 1. The molecule has 1 aliphatic carbocycles. The van der Waals surface area contributed by atoms with Gasteiger partial charge < -0.3 is 5.11 Å². The number of hydrogen-bond donors (Lipinski definition) is 1. The van der Waals surface area contributed by atoms with Gasteiger partial charge in [0.05, 0.1) is 12.2 Å². The number of aliphatic hydroxyl groups excluding tert-OH is 1. The van der Waals surface area contributed by atoms with E-state index in [1.54, 1.807) is 0 Å². The number of nitrogens with zero attached hydrogens (tertiary/aromatic N) is 1. The smallest absolute Gasteiger partial charge is 0.245 e. The van der Waals surface area contributed by atoms with Gasteiger partial charge in [0.1, 0.15) is 10.7 Å². The van der Waals surface area contributed by atoms with Gasteiger partial charge in [-0.2, -0.15) is 0 Å². The number of rotatable bonds is 5. The van der Waals surface area contributed by atoms with Crippen LogP contribution in [0.5, 0.6) is 0 Å². The van der Waals surface area contributed by atoms with Gasteiger partial charge in [-0.25, -0.2) is 21.5 Å². The fraction of sp³-hybridized carbons (Fsp3) is 0.538. The molecule has 0 aliphatic heterocycles. The van der Waals surface area contributed by atoms with Gasteiger partial charge in [-0.3, -0.25) is 0 Å². The van der Waals surface area contributed by atoms with E-state index < -0.39 is 38.7 Å². The molecule has 2 unspecified atom stereocenters. The highest BCUT2D eigenvalue weighted by Crippen LogP contribution is 2.39. The Morgan fingerprint density at radius 3 is 2.50 bits per heavy atom. The van der Waals surface area contributed by atoms with E-state index in [1.807, 2.05) is 6.92 Å². The van der Waals surface area contributed by atoms with Crippen LogP contribution in [0.1, 0.15) is 18.9 Å². The van der Waals surface area contributed by atoms with E-state index in [0.717, 1.165) is 22.9 Å². The van der Waals surface area contributed by atoms with Gasteiger partial charge in [-0.1, -0.05) is 6.92 Å². The molecule has 1 aliphatic rings. The molecule has 0 radical (unpaired) electrons. The second-order valence-corrected chi connectivity index (χ2v) is 7.27. The Bertz CT molecular complexity index is 618. The molecule has 7 heteroatoms. The van der Waals surface area contributed by atoms with E-state index in [2.05, 4.69) is 0 Å². The lowest BCUT2D eigenvalue weighted by atomic mass is 10.2. The SMILES string of the molecule is CC1CC1CN(C)S(=O)(=O)c1ccc(F)c(CO)c1F. The maximum absolute atomic E-state index is 14.0. The van der Waals surface area contributed by atoms with Crippen LogP contribution in [0, 0.1) is 23.5 Å². The number of hydrogen-bond acceptors (Lipinski definition) is 3. The Balaban J connectivity index is 2.34. The van der Waals surface area contributed by atoms with Crippen molar-refractivity contribution in [1.82, 2.24) is 4.31 Å². The second kappa shape index (κ2) is 5.38. The van der Waals surface area contributed by atoms with E-state index in [-0.39, 0.29) is 5.92 Å². The molecule has 0 aromatic heterocycles. The average Bonchev–Trinajstić information content (AvgIpc) is 3.05. The molecule has 1 N–H and O–H groups in total. The largest absolute Gasteiger partial charge is 0.391 e. The number of aliphatic hydroxyl groups is 1. The van der Waals surface area contributed by atoms with E-state index in [0.29, 0.717) is 12.5 Å². The van der Waals surface area contributed by atoms with E-state index in [4.69, 9.17) is 5.11 Å². The zero-order valence-electron chi connectivity index (χ0n) is 11.3. The molecule has 4 nitrogen and oxygen atoms in total. The molecule has 20 heavy (non-hydrogen) atoms. The summed E-state index contributed by atoms with van der Waals surface area (Å²) in [5.41, 5.74) is -0.626. The highest BCUT2D eigenvalue weighted by Gasteiger charge is 2.37. The normalized spacial score (nSPS) is 22.3. The first-order valence-corrected chi connectivity index (χ1v) is 7.77. The van der Waals surface area contributed by atoms with Gasteiger partial charge in [-0.15, -0.1) is 0 Å². The molecule has 0 amide bonds. The van der Waals surface area contributed by atoms with E-state index in [9.17, 15) is 17.2 Å². The first kappa shape index (κ1) is 15.3. The molecule has 1 saturated carbocycles. The van der Waals surface area contributed by atoms with Crippen molar-refractivity contribution in [2.75, 3.05) is 13.6 Å². The summed E-state index contributed by atoms with van der Waals surface area (Å²) in [5, 5.41) is 8.93. The summed E-state index contributed by atoms with van der Waals surface area (Å²) in [6, 6.07) is 1.75. The molecule has 2 atom stereocenters. The predicted molar refractivity (Wildman–Crippen MR) is 69.4 cm³/mol. The molecular formula is C13H17F2NO3S. The third kappa shape index (κ3) is 2.70. The summed E-state index contributed by atoms with van der Waals surface area (Å²) in [4.78, 5) is -0.598. The van der Waals surface area contributed by atoms with Crippen LogP contribution in [0.2, 0.25) is 0 Å². The monoisotopic (exact) mass is 305 g/mol. The van der Waals surface area contributed by atoms with E-state index >= 15 is 0 Å². The van der Waals surface area contributed by atoms with Crippen LogP contribution in [0.15, 0.2) is 17.0 Å². The van der Waals surface area contributed by atoms with Crippen molar-refractivity contribution in [3.05, 3.63) is 29.3 Å². The molecule has 0 bridgehead atoms. The van der Waals surface area contributed by atoms with E-state index in [1.165, 1.54) is 7.05 Å². The third-order valence-corrected chi connectivity index (χ3v) is 5.61. The lowest BCUT2D eigenvalue weighted by Gasteiger charge is -2.18. The Labute approximate surface area is 117 Å². The van der Waals surface area contributed by atoms with Gasteiger partial charge in [0, 0.05) is 13.6 Å². The molecule has 0 heterocycles. The van der Waals surface area contributed by atoms with Gasteiger partial charge in [0.15, 0.2) is 5.82 Å². The van der Waals surface area contributed by atoms with Crippen molar-refractivity contribution in [2.24, 2.45) is 11.8 Å². The van der Waals surface area contributed by atoms with Crippen molar-refractivity contribution in [1.29, 1.82) is 0 Å². The topological polar surface area (TPSA) is 57.6 Å². The number of benzene rings is 1. The molecule has 0 saturated heterocycles. The molecule has 0 spiro atoms. The standard InChI is InChI=1S/C13H17F2NO3S/c1-8-5-9(8)6-16(2)20(18,19)12-4-3-11(14)10(7-17)13(12)15/h3-4,8-9,17H,5-7H2,1-2H3. The van der Waals surface area contributed by atoms with Gasteiger partial charge in [0.25, 0.3) is 0 Å². The summed E-state index contributed by atoms with van der Waals surface area (Å²) >= 11 is 0. The second-order valence-electron chi connectivity index (χ2n) is 5.25. The molecule has 112 valence electrons. The lowest BCUT2D eigenvalue weighted by Crippen LogP contribution is -2.30. The molecule has 2 rings (SSSR count). The summed E-state index contributed by atoms with van der Waals surface area (Å²) < 4.78 is 52.9. The maximum Gasteiger partial charge on any atom is 0.245 e. The first-order chi connectivity index (χ1) is 9.28. The molecular weight excluding hydrogens is 288 g/mol. The van der Waals surface area contributed by atoms with Gasteiger partial charge >= 0.3 is 0 Å². The molecule has 1 aromatic carbocycles. The fourth-order valence-corrected chi connectivity index (χ4v) is 3.48. The molecule has 1 aromatic rings. The lowest BCUT2D eigenvalue weighted by molar-refractivity contribution is 0.267. The zero-order valence-corrected chi connectivity index (χ0v) is 12.1. The highest BCUT2D eigenvalue weighted by molar-refractivity contribution is 7.89. The predicted octanol–water partition coefficient (Wildman–Crippen LogP) is 1.73. The summed E-state index contributed by atoms with van der Waals surface area (Å²) in [5.74, 6) is -1.42. The van der Waals surface area contributed by atoms with Crippen LogP contribution in [-0.2, 0) is 16.6 Å². The third-order valence-electron chi connectivity index (χ3n) is 3.76. The van der Waals surface area contributed by atoms with Crippen LogP contribution < -0.4 is 0 Å². The minimum absolute atomic E-state index is 0.288. The number of halogens is 2. The van der Waals surface area contributed by atoms with Crippen LogP contribution >= 0.6 is 0 Å². The molecule has 1 fully saturated rings. The van der Waals surface area contributed by atoms with Gasteiger partial charge in [-0.05, 0) is 30.4 Å². The Hall–Kier alpha value is -1.05. The van der Waals surface area contributed by atoms with Crippen molar-refractivity contribution in [3.8, 4) is 0 Å². The van der Waals surface area contributed by atoms with Crippen LogP contribution in [-0.4, -0.2) is 31.4 Å². The Kier molecular flexibility index (Phi) is 4.13. The maximum atomic E-state index is 14.0. The summed E-state index contributed by atoms with van der Waals surface area (Å²) in [6.07, 6.45) is 0.952. The minimum atomic E-state index is -4.02. The van der Waals surface area contributed by atoms with Gasteiger partial charge in [0.2, 0.25) is 10.0 Å². The minimum Gasteiger partial charge on any atom is -0.391 e. The Morgan fingerprint density at radius 2 is 2.00 bits per heavy atom. The van der Waals surface area contributed by atoms with Crippen molar-refractivity contribution >= 4 is 10.0 Å². The van der Waals surface area contributed by atoms with Crippen LogP contribution in [0.25, 0.3) is 0 Å². The Morgan fingerprint density at radius 1 is 1.40 bits per heavy atom. The summed E-state index contributed by atoms with van der Waals surface area (Å²) in [7, 11) is -2.64. The summed E-state index contributed by atoms with van der Waals surface area (Å²) in [6.45, 7) is 1.45. The fourth-order valence-electron chi connectivity index (χ4n) is 2.17. The highest BCUT2D eigenvalue weighted by atomic mass is 32.2. The first-order valence-electron chi connectivity index (χ1n) is 6.33. The van der Waals surface area contributed by atoms with Crippen LogP contribution in [0.4, 0.5) is 8.78 Å². The van der Waals surface area contributed by atoms with Crippen LogP contribution in [0.3, 0.4) is 0 Å². The van der Waals surface area contributed by atoms with Crippen molar-refractivity contribution < 1.29 is 22.3 Å². The van der Waals surface area contributed by atoms with Crippen molar-refractivity contribution in [3.63, 3.8) is 0 Å².